The van der Waals surface area contributed by atoms with E-state index in [1.165, 1.54) is 87.3 Å². The Bertz CT molecular complexity index is 1540. The summed E-state index contributed by atoms with van der Waals surface area (Å²) in [6.45, 7) is 27.2. The smallest absolute Gasteiger partial charge is 0.409 e. The molecule has 1 aliphatic heterocycles. The van der Waals surface area contributed by atoms with Crippen LogP contribution in [0, 0.1) is 72.7 Å². The third-order valence-corrected chi connectivity index (χ3v) is 22.7. The molecule has 1 heterocycles. The number of halogens is 1. The van der Waals surface area contributed by atoms with Crippen LogP contribution < -0.4 is 4.74 Å². The van der Waals surface area contributed by atoms with Crippen LogP contribution in [0.1, 0.15) is 128 Å². The molecule has 0 radical (unpaired) electrons. The summed E-state index contributed by atoms with van der Waals surface area (Å²) < 4.78 is 19.5. The first-order chi connectivity index (χ1) is 25.2. The average Bonchev–Trinajstić information content (AvgIpc) is 3.75. The maximum absolute atomic E-state index is 11.3. The number of aliphatic hydroxyl groups excluding tert-OH is 1. The van der Waals surface area contributed by atoms with Crippen molar-refractivity contribution < 1.29 is 28.7 Å². The molecule has 6 aliphatic rings. The standard InChI is InChI=1S/C37H66O3Si.C7H4ClNO4/c1-12-41(13-2,14-3)40-32-31-29(24(6)21-26(39-31)30(38)23(4)5)34(10)19-20-37-22-36(37)18-17-25(7)33(8,9)27(36)15-16-28(37)35(32,34)11;8-7(10)13-6-3-1-5(2-4-6)9(11)12/h23-32,38H,12-22H2,1-11H3;1-4H/t24-,25+,26-,27+,28+,29+,30-,31+,32+,34-,35-,36-,37+;/m1./s1. The van der Waals surface area contributed by atoms with E-state index in [4.69, 9.17) is 20.8 Å². The van der Waals surface area contributed by atoms with Crippen molar-refractivity contribution in [3.63, 3.8) is 0 Å². The number of nitro benzene ring substituents is 1. The van der Waals surface area contributed by atoms with E-state index in [0.29, 0.717) is 28.1 Å². The van der Waals surface area contributed by atoms with E-state index in [2.05, 4.69) is 80.9 Å². The molecule has 0 bridgehead atoms. The third-order valence-electron chi connectivity index (χ3n) is 18.0. The predicted molar refractivity (Wildman–Crippen MR) is 217 cm³/mol. The van der Waals surface area contributed by atoms with Gasteiger partial charge in [0.2, 0.25) is 0 Å². The van der Waals surface area contributed by atoms with Gasteiger partial charge in [0.25, 0.3) is 5.69 Å². The van der Waals surface area contributed by atoms with Crippen molar-refractivity contribution in [2.75, 3.05) is 0 Å². The topological polar surface area (TPSA) is 108 Å². The molecule has 2 spiro atoms. The molecule has 5 aliphatic carbocycles. The summed E-state index contributed by atoms with van der Waals surface area (Å²) in [7, 11) is -1.89. The molecule has 5 saturated carbocycles. The highest BCUT2D eigenvalue weighted by molar-refractivity contribution is 6.73. The number of nitrogens with zero attached hydrogens (tertiary/aromatic N) is 1. The van der Waals surface area contributed by atoms with Crippen LogP contribution in [0.15, 0.2) is 24.3 Å². The van der Waals surface area contributed by atoms with Crippen molar-refractivity contribution in [2.24, 2.45) is 62.6 Å². The van der Waals surface area contributed by atoms with Crippen molar-refractivity contribution in [3.8, 4) is 5.75 Å². The summed E-state index contributed by atoms with van der Waals surface area (Å²) in [6.07, 6.45) is 10.8. The fourth-order valence-corrected chi connectivity index (χ4v) is 17.3. The second-order valence-corrected chi connectivity index (χ2v) is 25.1. The van der Waals surface area contributed by atoms with Crippen molar-refractivity contribution in [3.05, 3.63) is 34.4 Å². The first kappa shape index (κ1) is 42.1. The van der Waals surface area contributed by atoms with Crippen molar-refractivity contribution in [2.45, 2.75) is 170 Å². The second-order valence-electron chi connectivity index (χ2n) is 20.1. The molecular formula is C44H70ClNO7Si. The largest absolute Gasteiger partial charge is 0.414 e. The van der Waals surface area contributed by atoms with E-state index in [1.54, 1.807) is 0 Å². The summed E-state index contributed by atoms with van der Waals surface area (Å²) in [6, 6.07) is 8.60. The number of rotatable bonds is 9. The Morgan fingerprint density at radius 2 is 1.57 bits per heavy atom. The van der Waals surface area contributed by atoms with Gasteiger partial charge in [-0.3, -0.25) is 10.1 Å². The molecule has 1 aromatic rings. The van der Waals surface area contributed by atoms with Crippen LogP contribution >= 0.6 is 11.6 Å². The molecule has 13 atom stereocenters. The zero-order valence-corrected chi connectivity index (χ0v) is 36.8. The molecule has 8 nitrogen and oxygen atoms in total. The van der Waals surface area contributed by atoms with Crippen LogP contribution in [0.5, 0.6) is 5.75 Å². The van der Waals surface area contributed by atoms with Gasteiger partial charge in [-0.05, 0) is 139 Å². The number of fused-ring (bicyclic) bond motifs is 4. The highest BCUT2D eigenvalue weighted by Gasteiger charge is 2.84. The summed E-state index contributed by atoms with van der Waals surface area (Å²) in [4.78, 5) is 19.9. The minimum Gasteiger partial charge on any atom is -0.414 e. The molecule has 54 heavy (non-hydrogen) atoms. The number of benzene rings is 1. The quantitative estimate of drug-likeness (QED) is 0.115. The van der Waals surface area contributed by atoms with Gasteiger partial charge in [0.1, 0.15) is 5.75 Å². The van der Waals surface area contributed by atoms with E-state index in [1.807, 2.05) is 0 Å². The Morgan fingerprint density at radius 1 is 0.981 bits per heavy atom. The lowest BCUT2D eigenvalue weighted by Crippen LogP contribution is -2.60. The van der Waals surface area contributed by atoms with Gasteiger partial charge in [0, 0.05) is 29.1 Å². The van der Waals surface area contributed by atoms with E-state index in [0.717, 1.165) is 24.2 Å². The molecular weight excluding hydrogens is 718 g/mol. The van der Waals surface area contributed by atoms with Gasteiger partial charge in [0.15, 0.2) is 8.32 Å². The molecule has 0 unspecified atom stereocenters. The Morgan fingerprint density at radius 3 is 2.13 bits per heavy atom. The minimum atomic E-state index is -1.89. The lowest BCUT2D eigenvalue weighted by atomic mass is 9.41. The van der Waals surface area contributed by atoms with Gasteiger partial charge >= 0.3 is 5.43 Å². The summed E-state index contributed by atoms with van der Waals surface area (Å²) in [5, 5.41) is 21.5. The molecule has 1 N–H and O–H groups in total. The molecule has 0 aromatic heterocycles. The molecule has 10 heteroatoms. The Labute approximate surface area is 331 Å². The molecule has 7 rings (SSSR count). The SMILES string of the molecule is CC[Si](CC)(CC)O[C@H]1[C@H]2O[C@@H]([C@H](O)C(C)C)C[C@@H](C)[C@@H]2[C@@]2(C)CC[C@@]34C[C@@]35CC[C@H](C)C(C)(C)[C@@H]5CC[C@H]4[C@]12C.O=C(Cl)Oc1ccc([N+](=O)[O-])cc1. The maximum atomic E-state index is 11.3. The molecule has 1 saturated heterocycles. The summed E-state index contributed by atoms with van der Waals surface area (Å²) in [5.74, 6) is 3.94. The van der Waals surface area contributed by atoms with Crippen LogP contribution in [0.2, 0.25) is 18.1 Å². The number of nitro groups is 1. The van der Waals surface area contributed by atoms with E-state index < -0.39 is 24.8 Å². The first-order valence-corrected chi connectivity index (χ1v) is 24.3. The van der Waals surface area contributed by atoms with Crippen molar-refractivity contribution >= 4 is 31.0 Å². The normalized spacial score (nSPS) is 42.2. The van der Waals surface area contributed by atoms with Crippen LogP contribution in [-0.4, -0.2) is 48.2 Å². The van der Waals surface area contributed by atoms with Gasteiger partial charge in [-0.1, -0.05) is 76.2 Å². The van der Waals surface area contributed by atoms with E-state index in [-0.39, 0.29) is 46.5 Å². The number of hydrogen-bond acceptors (Lipinski definition) is 7. The summed E-state index contributed by atoms with van der Waals surface area (Å²) in [5.41, 5.74) is 0.863. The fraction of sp³-hybridized carbons (Fsp3) is 0.841. The van der Waals surface area contributed by atoms with Gasteiger partial charge in [-0.15, -0.1) is 0 Å². The average molecular weight is 789 g/mol. The van der Waals surface area contributed by atoms with Crippen LogP contribution in [-0.2, 0) is 9.16 Å². The number of ether oxygens (including phenoxy) is 2. The minimum absolute atomic E-state index is 0.0664. The van der Waals surface area contributed by atoms with E-state index in [9.17, 15) is 20.0 Å². The lowest BCUT2D eigenvalue weighted by molar-refractivity contribution is -0.384. The number of carbonyl (C=O) groups excluding carboxylic acids is 1. The lowest BCUT2D eigenvalue weighted by Gasteiger charge is -2.64. The highest BCUT2D eigenvalue weighted by atomic mass is 35.5. The van der Waals surface area contributed by atoms with Gasteiger partial charge in [0.05, 0.1) is 29.3 Å². The number of aliphatic hydroxyl groups is 1. The first-order valence-electron chi connectivity index (χ1n) is 21.4. The predicted octanol–water partition coefficient (Wildman–Crippen LogP) is 11.8. The third kappa shape index (κ3) is 6.26. The van der Waals surface area contributed by atoms with Crippen molar-refractivity contribution in [1.29, 1.82) is 0 Å². The second kappa shape index (κ2) is 14.7. The van der Waals surface area contributed by atoms with Crippen LogP contribution in [0.3, 0.4) is 0 Å². The van der Waals surface area contributed by atoms with Crippen LogP contribution in [0.4, 0.5) is 10.5 Å². The Balaban J connectivity index is 0.000000325. The maximum Gasteiger partial charge on any atom is 0.409 e. The Hall–Kier alpha value is -1.52. The zero-order valence-electron chi connectivity index (χ0n) is 35.1. The number of non-ortho nitro benzene ring substituents is 1. The Kier molecular flexibility index (Phi) is 11.5. The monoisotopic (exact) mass is 787 g/mol. The number of hydrogen-bond donors (Lipinski definition) is 1. The fourth-order valence-electron chi connectivity index (χ4n) is 14.3. The zero-order chi connectivity index (χ0) is 39.8. The molecule has 6 fully saturated rings. The molecule has 0 amide bonds. The van der Waals surface area contributed by atoms with Gasteiger partial charge in [-0.2, -0.15) is 0 Å². The number of carbonyl (C=O) groups is 1. The van der Waals surface area contributed by atoms with Gasteiger partial charge in [-0.25, -0.2) is 4.79 Å². The summed E-state index contributed by atoms with van der Waals surface area (Å²) >= 11 is 4.92. The molecule has 304 valence electrons. The molecule has 1 aromatic carbocycles. The highest BCUT2D eigenvalue weighted by Crippen LogP contribution is 2.89. The van der Waals surface area contributed by atoms with E-state index >= 15 is 0 Å². The van der Waals surface area contributed by atoms with Crippen molar-refractivity contribution in [1.82, 2.24) is 0 Å². The van der Waals surface area contributed by atoms with Gasteiger partial charge < -0.3 is 19.0 Å². The van der Waals surface area contributed by atoms with Crippen LogP contribution in [0.25, 0.3) is 0 Å².